The molecule has 0 radical (unpaired) electrons. The maximum Gasteiger partial charge on any atom is 0.247 e. The van der Waals surface area contributed by atoms with Crippen LogP contribution in [0.1, 0.15) is 32.1 Å². The quantitative estimate of drug-likeness (QED) is 0.887. The molecule has 0 unspecified atom stereocenters. The van der Waals surface area contributed by atoms with E-state index in [1.807, 2.05) is 30.3 Å². The predicted octanol–water partition coefficient (Wildman–Crippen LogP) is 2.83. The number of rotatable bonds is 5. The van der Waals surface area contributed by atoms with Crippen LogP contribution in [0, 0.1) is 0 Å². The van der Waals surface area contributed by atoms with E-state index in [-0.39, 0.29) is 5.54 Å². The highest BCUT2D eigenvalue weighted by Crippen LogP contribution is 2.35. The van der Waals surface area contributed by atoms with Gasteiger partial charge in [-0.05, 0) is 35.4 Å². The van der Waals surface area contributed by atoms with Gasteiger partial charge in [0.25, 0.3) is 0 Å². The molecule has 1 N–H and O–H groups in total. The van der Waals surface area contributed by atoms with Crippen LogP contribution in [0.15, 0.2) is 30.3 Å². The maximum absolute atomic E-state index is 4.22. The van der Waals surface area contributed by atoms with E-state index < -0.39 is 0 Å². The van der Waals surface area contributed by atoms with Crippen molar-refractivity contribution in [3.63, 3.8) is 0 Å². The highest BCUT2D eigenvalue weighted by molar-refractivity contribution is 7.99. The SMILES string of the molecule is c1ccc(-n2nnnc2NCC2(N3CCSCC3)CCCCC2)cc1. The van der Waals surface area contributed by atoms with E-state index in [1.54, 1.807) is 4.68 Å². The Morgan fingerprint density at radius 2 is 1.80 bits per heavy atom. The Kier molecular flexibility index (Phi) is 5.22. The molecule has 1 saturated heterocycles. The Hall–Kier alpha value is -1.60. The number of anilines is 1. The van der Waals surface area contributed by atoms with E-state index in [4.69, 9.17) is 0 Å². The molecule has 4 rings (SSSR count). The summed E-state index contributed by atoms with van der Waals surface area (Å²) < 4.78 is 1.79. The Morgan fingerprint density at radius 1 is 1.04 bits per heavy atom. The predicted molar refractivity (Wildman–Crippen MR) is 102 cm³/mol. The van der Waals surface area contributed by atoms with Crippen molar-refractivity contribution in [1.29, 1.82) is 0 Å². The minimum Gasteiger partial charge on any atom is -0.351 e. The van der Waals surface area contributed by atoms with Crippen molar-refractivity contribution in [2.75, 3.05) is 36.5 Å². The van der Waals surface area contributed by atoms with Gasteiger partial charge in [0.2, 0.25) is 5.95 Å². The van der Waals surface area contributed by atoms with Crippen molar-refractivity contribution in [3.05, 3.63) is 30.3 Å². The Bertz CT molecular complexity index is 661. The van der Waals surface area contributed by atoms with Crippen molar-refractivity contribution in [3.8, 4) is 5.69 Å². The molecule has 6 nitrogen and oxygen atoms in total. The summed E-state index contributed by atoms with van der Waals surface area (Å²) >= 11 is 2.08. The van der Waals surface area contributed by atoms with Gasteiger partial charge in [-0.3, -0.25) is 4.90 Å². The summed E-state index contributed by atoms with van der Waals surface area (Å²) in [4.78, 5) is 2.73. The topological polar surface area (TPSA) is 58.9 Å². The third kappa shape index (κ3) is 3.67. The van der Waals surface area contributed by atoms with Crippen LogP contribution < -0.4 is 5.32 Å². The van der Waals surface area contributed by atoms with Gasteiger partial charge in [-0.25, -0.2) is 0 Å². The summed E-state index contributed by atoms with van der Waals surface area (Å²) in [6.45, 7) is 3.33. The normalized spacial score (nSPS) is 21.1. The van der Waals surface area contributed by atoms with Crippen LogP contribution in [0.5, 0.6) is 0 Å². The number of aromatic nitrogens is 4. The second-order valence-corrected chi connectivity index (χ2v) is 8.21. The number of tetrazole rings is 1. The first-order chi connectivity index (χ1) is 12.4. The van der Waals surface area contributed by atoms with Gasteiger partial charge < -0.3 is 5.32 Å². The molecule has 0 bridgehead atoms. The van der Waals surface area contributed by atoms with Gasteiger partial charge in [-0.1, -0.05) is 42.6 Å². The van der Waals surface area contributed by atoms with Crippen LogP contribution in [-0.4, -0.2) is 61.8 Å². The van der Waals surface area contributed by atoms with E-state index in [0.29, 0.717) is 0 Å². The standard InChI is InChI=1S/C18H26N6S/c1-3-7-16(8-4-1)24-17(20-21-22-24)19-15-18(9-5-2-6-10-18)23-11-13-25-14-12-23/h1,3-4,7-8H,2,5-6,9-15H2,(H,19,20,22). The first-order valence-corrected chi connectivity index (χ1v) is 10.4. The van der Waals surface area contributed by atoms with Crippen LogP contribution in [0.3, 0.4) is 0 Å². The second kappa shape index (κ2) is 7.74. The zero-order valence-corrected chi connectivity index (χ0v) is 15.4. The van der Waals surface area contributed by atoms with Gasteiger partial charge in [0.05, 0.1) is 5.69 Å². The molecule has 2 aliphatic rings. The van der Waals surface area contributed by atoms with Gasteiger partial charge in [0.15, 0.2) is 0 Å². The second-order valence-electron chi connectivity index (χ2n) is 6.99. The van der Waals surface area contributed by atoms with Crippen LogP contribution in [0.25, 0.3) is 5.69 Å². The number of nitrogens with one attached hydrogen (secondary N) is 1. The molecular formula is C18H26N6S. The lowest BCUT2D eigenvalue weighted by Crippen LogP contribution is -2.57. The molecule has 1 aromatic heterocycles. The van der Waals surface area contributed by atoms with Crippen molar-refractivity contribution in [2.45, 2.75) is 37.6 Å². The van der Waals surface area contributed by atoms with Gasteiger partial charge in [-0.2, -0.15) is 16.4 Å². The van der Waals surface area contributed by atoms with Crippen molar-refractivity contribution in [2.24, 2.45) is 0 Å². The first kappa shape index (κ1) is 16.8. The first-order valence-electron chi connectivity index (χ1n) is 9.28. The lowest BCUT2D eigenvalue weighted by atomic mass is 9.80. The van der Waals surface area contributed by atoms with Crippen LogP contribution in [-0.2, 0) is 0 Å². The number of nitrogens with zero attached hydrogens (tertiary/aromatic N) is 5. The average molecular weight is 359 g/mol. The van der Waals surface area contributed by atoms with Crippen LogP contribution >= 0.6 is 11.8 Å². The maximum atomic E-state index is 4.22. The molecule has 25 heavy (non-hydrogen) atoms. The van der Waals surface area contributed by atoms with Crippen LogP contribution in [0.2, 0.25) is 0 Å². The highest BCUT2D eigenvalue weighted by Gasteiger charge is 2.38. The van der Waals surface area contributed by atoms with Crippen molar-refractivity contribution in [1.82, 2.24) is 25.1 Å². The summed E-state index contributed by atoms with van der Waals surface area (Å²) in [5.41, 5.74) is 1.24. The fourth-order valence-electron chi connectivity index (χ4n) is 4.14. The third-order valence-electron chi connectivity index (χ3n) is 5.51. The number of hydrogen-bond acceptors (Lipinski definition) is 6. The van der Waals surface area contributed by atoms with Gasteiger partial charge >= 0.3 is 0 Å². The number of hydrogen-bond donors (Lipinski definition) is 1. The molecule has 7 heteroatoms. The molecule has 1 aliphatic carbocycles. The lowest BCUT2D eigenvalue weighted by molar-refractivity contribution is 0.0705. The van der Waals surface area contributed by atoms with E-state index >= 15 is 0 Å². The summed E-state index contributed by atoms with van der Waals surface area (Å²) in [5, 5.41) is 15.8. The molecule has 1 saturated carbocycles. The minimum absolute atomic E-state index is 0.257. The molecule has 2 fully saturated rings. The van der Waals surface area contributed by atoms with Crippen LogP contribution in [0.4, 0.5) is 5.95 Å². The van der Waals surface area contributed by atoms with Gasteiger partial charge in [0, 0.05) is 36.7 Å². The van der Waals surface area contributed by atoms with Gasteiger partial charge in [0.1, 0.15) is 0 Å². The molecular weight excluding hydrogens is 332 g/mol. The molecule has 1 aliphatic heterocycles. The Balaban J connectivity index is 1.51. The van der Waals surface area contributed by atoms with Crippen molar-refractivity contribution >= 4 is 17.7 Å². The fourth-order valence-corrected chi connectivity index (χ4v) is 5.04. The number of para-hydroxylation sites is 1. The van der Waals surface area contributed by atoms with E-state index in [0.717, 1.165) is 18.2 Å². The minimum atomic E-state index is 0.257. The molecule has 0 spiro atoms. The van der Waals surface area contributed by atoms with E-state index in [1.165, 1.54) is 56.7 Å². The Labute approximate surface area is 153 Å². The largest absolute Gasteiger partial charge is 0.351 e. The third-order valence-corrected chi connectivity index (χ3v) is 6.45. The average Bonchev–Trinajstić information content (AvgIpc) is 3.17. The molecule has 0 amide bonds. The summed E-state index contributed by atoms with van der Waals surface area (Å²) in [6, 6.07) is 10.1. The van der Waals surface area contributed by atoms with E-state index in [9.17, 15) is 0 Å². The summed E-state index contributed by atoms with van der Waals surface area (Å²) in [7, 11) is 0. The smallest absolute Gasteiger partial charge is 0.247 e. The molecule has 1 aromatic carbocycles. The monoisotopic (exact) mass is 358 g/mol. The number of benzene rings is 1. The molecule has 2 heterocycles. The lowest BCUT2D eigenvalue weighted by Gasteiger charge is -2.48. The number of thioether (sulfide) groups is 1. The molecule has 0 atom stereocenters. The van der Waals surface area contributed by atoms with Gasteiger partial charge in [-0.15, -0.1) is 0 Å². The molecule has 134 valence electrons. The zero-order valence-electron chi connectivity index (χ0n) is 14.6. The van der Waals surface area contributed by atoms with E-state index in [2.05, 4.69) is 37.5 Å². The molecule has 2 aromatic rings. The fraction of sp³-hybridized carbons (Fsp3) is 0.611. The Morgan fingerprint density at radius 3 is 2.56 bits per heavy atom. The highest BCUT2D eigenvalue weighted by atomic mass is 32.2. The summed E-state index contributed by atoms with van der Waals surface area (Å²) in [6.07, 6.45) is 6.57. The zero-order chi connectivity index (χ0) is 17.0. The van der Waals surface area contributed by atoms with Crippen molar-refractivity contribution < 1.29 is 0 Å². The summed E-state index contributed by atoms with van der Waals surface area (Å²) in [5.74, 6) is 3.25.